The molecule has 1 amide bonds. The van der Waals surface area contributed by atoms with Crippen molar-refractivity contribution in [3.8, 4) is 0 Å². The monoisotopic (exact) mass is 292 g/mol. The van der Waals surface area contributed by atoms with Crippen molar-refractivity contribution in [2.45, 2.75) is 39.2 Å². The molecule has 1 heterocycles. The van der Waals surface area contributed by atoms with E-state index in [-0.39, 0.29) is 5.91 Å². The van der Waals surface area contributed by atoms with Gasteiger partial charge in [-0.15, -0.1) is 0 Å². The highest BCUT2D eigenvalue weighted by molar-refractivity contribution is 6.29. The molecule has 1 aromatic heterocycles. The Kier molecular flexibility index (Phi) is 5.18. The number of carbonyl (C=O) groups excluding carboxylic acids is 1. The highest BCUT2D eigenvalue weighted by atomic mass is 35.5. The molecule has 1 aromatic rings. The van der Waals surface area contributed by atoms with Crippen LogP contribution in [0.5, 0.6) is 0 Å². The molecule has 4 heteroatoms. The molecule has 108 valence electrons. The first-order valence-electron chi connectivity index (χ1n) is 7.16. The van der Waals surface area contributed by atoms with Gasteiger partial charge in [-0.25, -0.2) is 4.98 Å². The summed E-state index contributed by atoms with van der Waals surface area (Å²) in [5.41, 5.74) is 0.870. The van der Waals surface area contributed by atoms with Crippen molar-refractivity contribution in [2.24, 2.45) is 11.8 Å². The first-order chi connectivity index (χ1) is 9.56. The molecule has 20 heavy (non-hydrogen) atoms. The van der Waals surface area contributed by atoms with Crippen molar-refractivity contribution in [3.63, 3.8) is 0 Å². The van der Waals surface area contributed by atoms with Crippen molar-refractivity contribution in [1.82, 2.24) is 10.3 Å². The Bertz CT molecular complexity index is 484. The van der Waals surface area contributed by atoms with Gasteiger partial charge in [0.05, 0.1) is 0 Å². The summed E-state index contributed by atoms with van der Waals surface area (Å²) in [4.78, 5) is 15.9. The van der Waals surface area contributed by atoms with Crippen LogP contribution in [-0.4, -0.2) is 16.9 Å². The van der Waals surface area contributed by atoms with Crippen LogP contribution < -0.4 is 5.32 Å². The lowest BCUT2D eigenvalue weighted by Crippen LogP contribution is -2.43. The topological polar surface area (TPSA) is 42.0 Å². The number of nitrogens with one attached hydrogen (secondary N) is 1. The average Bonchev–Trinajstić information content (AvgIpc) is 2.43. The molecule has 0 aromatic carbocycles. The van der Waals surface area contributed by atoms with Gasteiger partial charge in [0.25, 0.3) is 0 Å². The maximum Gasteiger partial charge on any atom is 0.244 e. The van der Waals surface area contributed by atoms with Gasteiger partial charge < -0.3 is 5.32 Å². The van der Waals surface area contributed by atoms with Crippen LogP contribution in [0.2, 0.25) is 5.15 Å². The zero-order valence-corrected chi connectivity index (χ0v) is 12.7. The van der Waals surface area contributed by atoms with Crippen molar-refractivity contribution in [3.05, 3.63) is 35.1 Å². The molecule has 0 spiro atoms. The fraction of sp³-hybridized carbons (Fsp3) is 0.500. The minimum absolute atomic E-state index is 0.0362. The molecule has 1 N–H and O–H groups in total. The minimum atomic E-state index is -0.0362. The summed E-state index contributed by atoms with van der Waals surface area (Å²) in [6.45, 7) is 4.49. The van der Waals surface area contributed by atoms with Gasteiger partial charge in [0, 0.05) is 18.3 Å². The predicted octanol–water partition coefficient (Wildman–Crippen LogP) is 3.69. The quantitative estimate of drug-likeness (QED) is 0.682. The van der Waals surface area contributed by atoms with Crippen LogP contribution in [0.4, 0.5) is 0 Å². The Morgan fingerprint density at radius 2 is 2.20 bits per heavy atom. The number of hydrogen-bond donors (Lipinski definition) is 1. The van der Waals surface area contributed by atoms with Crippen molar-refractivity contribution >= 4 is 23.6 Å². The molecule has 1 aliphatic carbocycles. The number of amides is 1. The zero-order valence-electron chi connectivity index (χ0n) is 12.0. The fourth-order valence-corrected chi connectivity index (χ4v) is 2.79. The first kappa shape index (κ1) is 15.0. The summed E-state index contributed by atoms with van der Waals surface area (Å²) in [6.07, 6.45) is 8.51. The standard InChI is InChI=1S/C16H21ClN2O/c1-11-4-3-5-14(12(11)2)19-16(20)9-7-13-6-8-15(17)18-10-13/h6-12,14H,3-5H2,1-2H3,(H,19,20). The maximum atomic E-state index is 12.0. The number of hydrogen-bond acceptors (Lipinski definition) is 2. The van der Waals surface area contributed by atoms with Crippen molar-refractivity contribution in [1.29, 1.82) is 0 Å². The lowest BCUT2D eigenvalue weighted by molar-refractivity contribution is -0.117. The molecule has 3 nitrogen and oxygen atoms in total. The lowest BCUT2D eigenvalue weighted by Gasteiger charge is -2.34. The highest BCUT2D eigenvalue weighted by Crippen LogP contribution is 2.29. The Hall–Kier alpha value is -1.35. The number of halogens is 1. The van der Waals surface area contributed by atoms with Crippen molar-refractivity contribution < 1.29 is 4.79 Å². The molecule has 3 unspecified atom stereocenters. The van der Waals surface area contributed by atoms with Gasteiger partial charge in [0.1, 0.15) is 5.15 Å². The summed E-state index contributed by atoms with van der Waals surface area (Å²) in [6, 6.07) is 3.84. The second-order valence-corrected chi connectivity index (χ2v) is 6.02. The van der Waals surface area contributed by atoms with E-state index in [0.717, 1.165) is 12.0 Å². The maximum absolute atomic E-state index is 12.0. The van der Waals surface area contributed by atoms with E-state index in [4.69, 9.17) is 11.6 Å². The smallest absolute Gasteiger partial charge is 0.244 e. The summed E-state index contributed by atoms with van der Waals surface area (Å²) >= 11 is 5.72. The van der Waals surface area contributed by atoms with Crippen LogP contribution in [0.1, 0.15) is 38.7 Å². The van der Waals surface area contributed by atoms with E-state index in [1.807, 2.05) is 6.07 Å². The molecule has 3 atom stereocenters. The minimum Gasteiger partial charge on any atom is -0.350 e. The van der Waals surface area contributed by atoms with Crippen LogP contribution in [0, 0.1) is 11.8 Å². The zero-order chi connectivity index (χ0) is 14.5. The van der Waals surface area contributed by atoms with E-state index in [0.29, 0.717) is 23.0 Å². The fourth-order valence-electron chi connectivity index (χ4n) is 2.67. The normalized spacial score (nSPS) is 26.6. The summed E-state index contributed by atoms with van der Waals surface area (Å²) in [7, 11) is 0. The molecular formula is C16H21ClN2O. The van der Waals surface area contributed by atoms with Gasteiger partial charge in [0.2, 0.25) is 5.91 Å². The first-order valence-corrected chi connectivity index (χ1v) is 7.54. The number of carbonyl (C=O) groups is 1. The number of pyridine rings is 1. The second-order valence-electron chi connectivity index (χ2n) is 5.63. The van der Waals surface area contributed by atoms with Gasteiger partial charge in [-0.2, -0.15) is 0 Å². The molecule has 0 bridgehead atoms. The third kappa shape index (κ3) is 4.07. The Balaban J connectivity index is 1.90. The van der Waals surface area contributed by atoms with E-state index in [1.54, 1.807) is 24.4 Å². The molecule has 1 fully saturated rings. The van der Waals surface area contributed by atoms with Gasteiger partial charge in [0.15, 0.2) is 0 Å². The van der Waals surface area contributed by atoms with E-state index >= 15 is 0 Å². The van der Waals surface area contributed by atoms with E-state index in [2.05, 4.69) is 24.1 Å². The molecule has 2 rings (SSSR count). The summed E-state index contributed by atoms with van der Waals surface area (Å²) in [5.74, 6) is 1.18. The summed E-state index contributed by atoms with van der Waals surface area (Å²) < 4.78 is 0. The molecule has 0 radical (unpaired) electrons. The van der Waals surface area contributed by atoms with Crippen LogP contribution in [0.15, 0.2) is 24.4 Å². The second kappa shape index (κ2) is 6.89. The molecule has 1 aliphatic rings. The van der Waals surface area contributed by atoms with Gasteiger partial charge in [-0.1, -0.05) is 44.4 Å². The van der Waals surface area contributed by atoms with Gasteiger partial charge in [-0.3, -0.25) is 4.79 Å². The highest BCUT2D eigenvalue weighted by Gasteiger charge is 2.27. The Morgan fingerprint density at radius 3 is 2.90 bits per heavy atom. The van der Waals surface area contributed by atoms with Crippen LogP contribution in [0.25, 0.3) is 6.08 Å². The van der Waals surface area contributed by atoms with Crippen molar-refractivity contribution in [2.75, 3.05) is 0 Å². The average molecular weight is 293 g/mol. The van der Waals surface area contributed by atoms with E-state index < -0.39 is 0 Å². The van der Waals surface area contributed by atoms with Crippen LogP contribution in [0.3, 0.4) is 0 Å². The summed E-state index contributed by atoms with van der Waals surface area (Å²) in [5, 5.41) is 3.56. The third-order valence-electron chi connectivity index (χ3n) is 4.21. The number of aromatic nitrogens is 1. The van der Waals surface area contributed by atoms with E-state index in [1.165, 1.54) is 12.8 Å². The van der Waals surface area contributed by atoms with E-state index in [9.17, 15) is 4.79 Å². The molecule has 1 saturated carbocycles. The predicted molar refractivity (Wildman–Crippen MR) is 82.4 cm³/mol. The Morgan fingerprint density at radius 1 is 1.40 bits per heavy atom. The van der Waals surface area contributed by atoms with Crippen LogP contribution in [-0.2, 0) is 4.79 Å². The number of nitrogens with zero attached hydrogens (tertiary/aromatic N) is 1. The third-order valence-corrected chi connectivity index (χ3v) is 4.44. The van der Waals surface area contributed by atoms with Gasteiger partial charge in [-0.05, 0) is 36.0 Å². The molecular weight excluding hydrogens is 272 g/mol. The van der Waals surface area contributed by atoms with Crippen LogP contribution >= 0.6 is 11.6 Å². The largest absolute Gasteiger partial charge is 0.350 e. The number of rotatable bonds is 3. The van der Waals surface area contributed by atoms with Gasteiger partial charge >= 0.3 is 0 Å². The molecule has 0 aliphatic heterocycles. The Labute approximate surface area is 125 Å². The lowest BCUT2D eigenvalue weighted by atomic mass is 9.78. The molecule has 0 saturated heterocycles. The SMILES string of the molecule is CC1CCCC(NC(=O)C=Cc2ccc(Cl)nc2)C1C.